The summed E-state index contributed by atoms with van der Waals surface area (Å²) in [6.45, 7) is 5.60. The maximum Gasteiger partial charge on any atom is 0.270 e. The largest absolute Gasteiger partial charge is 0.317 e. The van der Waals surface area contributed by atoms with Gasteiger partial charge in [0.1, 0.15) is 0 Å². The van der Waals surface area contributed by atoms with Crippen LogP contribution in [0.25, 0.3) is 0 Å². The molecule has 0 spiro atoms. The molecule has 1 aromatic rings. The van der Waals surface area contributed by atoms with Crippen molar-refractivity contribution < 1.29 is 13.3 Å². The number of nitro benzene ring substituents is 1. The van der Waals surface area contributed by atoms with E-state index < -0.39 is 14.9 Å². The van der Waals surface area contributed by atoms with Gasteiger partial charge in [-0.05, 0) is 44.8 Å². The molecule has 1 aliphatic heterocycles. The quantitative estimate of drug-likeness (QED) is 0.631. The van der Waals surface area contributed by atoms with Crippen molar-refractivity contribution in [1.82, 2.24) is 9.62 Å². The zero-order valence-corrected chi connectivity index (χ0v) is 14.3. The number of aryl methyl sites for hydroxylation is 1. The lowest BCUT2D eigenvalue weighted by Gasteiger charge is -2.33. The normalized spacial score (nSPS) is 16.7. The smallest absolute Gasteiger partial charge is 0.270 e. The van der Waals surface area contributed by atoms with Crippen molar-refractivity contribution in [1.29, 1.82) is 0 Å². The molecular weight excluding hydrogens is 318 g/mol. The van der Waals surface area contributed by atoms with Gasteiger partial charge >= 0.3 is 0 Å². The zero-order chi connectivity index (χ0) is 17.0. The van der Waals surface area contributed by atoms with Crippen LogP contribution in [0.5, 0.6) is 0 Å². The van der Waals surface area contributed by atoms with Crippen LogP contribution in [-0.2, 0) is 10.0 Å². The van der Waals surface area contributed by atoms with E-state index in [1.807, 2.05) is 6.92 Å². The average Bonchev–Trinajstić information content (AvgIpc) is 2.53. The van der Waals surface area contributed by atoms with Crippen molar-refractivity contribution in [2.75, 3.05) is 19.6 Å². The van der Waals surface area contributed by atoms with Gasteiger partial charge in [-0.15, -0.1) is 0 Å². The molecular formula is C15H23N3O4S. The van der Waals surface area contributed by atoms with Crippen LogP contribution in [0.15, 0.2) is 23.1 Å². The first-order valence-corrected chi connectivity index (χ1v) is 9.29. The van der Waals surface area contributed by atoms with Gasteiger partial charge in [-0.1, -0.05) is 13.0 Å². The minimum atomic E-state index is -3.75. The Hall–Kier alpha value is -1.51. The molecule has 2 rings (SSSR count). The molecule has 0 amide bonds. The molecule has 1 heterocycles. The Morgan fingerprint density at radius 2 is 2.00 bits per heavy atom. The third-order valence-corrected chi connectivity index (χ3v) is 6.22. The minimum Gasteiger partial charge on any atom is -0.317 e. The number of nitrogens with one attached hydrogen (secondary N) is 1. The summed E-state index contributed by atoms with van der Waals surface area (Å²) in [5.74, 6) is 0. The lowest BCUT2D eigenvalue weighted by Crippen LogP contribution is -2.46. The van der Waals surface area contributed by atoms with Gasteiger partial charge in [0.05, 0.1) is 9.82 Å². The molecule has 8 heteroatoms. The number of hydrogen-bond donors (Lipinski definition) is 1. The second-order valence-electron chi connectivity index (χ2n) is 5.80. The summed E-state index contributed by atoms with van der Waals surface area (Å²) in [6.07, 6.45) is 2.22. The Kier molecular flexibility index (Phi) is 5.72. The highest BCUT2D eigenvalue weighted by Crippen LogP contribution is 2.28. The Morgan fingerprint density at radius 3 is 2.57 bits per heavy atom. The number of rotatable bonds is 6. The maximum absolute atomic E-state index is 13.1. The maximum atomic E-state index is 13.1. The van der Waals surface area contributed by atoms with Gasteiger partial charge in [-0.3, -0.25) is 10.1 Å². The molecule has 0 saturated carbocycles. The molecule has 0 radical (unpaired) electrons. The lowest BCUT2D eigenvalue weighted by molar-refractivity contribution is -0.385. The predicted octanol–water partition coefficient (Wildman–Crippen LogP) is 2.06. The fourth-order valence-electron chi connectivity index (χ4n) is 2.92. The van der Waals surface area contributed by atoms with Crippen LogP contribution in [-0.4, -0.2) is 43.3 Å². The highest BCUT2D eigenvalue weighted by molar-refractivity contribution is 7.89. The molecule has 0 atom stereocenters. The third kappa shape index (κ3) is 3.88. The van der Waals surface area contributed by atoms with E-state index in [4.69, 9.17) is 0 Å². The number of non-ortho nitro benzene ring substituents is 1. The summed E-state index contributed by atoms with van der Waals surface area (Å²) < 4.78 is 27.7. The highest BCUT2D eigenvalue weighted by Gasteiger charge is 2.33. The third-order valence-electron chi connectivity index (χ3n) is 4.13. The van der Waals surface area contributed by atoms with Gasteiger partial charge in [0.15, 0.2) is 0 Å². The van der Waals surface area contributed by atoms with Gasteiger partial charge in [-0.2, -0.15) is 4.31 Å². The van der Waals surface area contributed by atoms with E-state index in [1.54, 1.807) is 6.92 Å². The van der Waals surface area contributed by atoms with Crippen LogP contribution in [0.1, 0.15) is 31.7 Å². The van der Waals surface area contributed by atoms with Crippen LogP contribution in [0.3, 0.4) is 0 Å². The first kappa shape index (κ1) is 17.8. The molecule has 128 valence electrons. The van der Waals surface area contributed by atoms with Crippen LogP contribution in [0.4, 0.5) is 5.69 Å². The number of sulfonamides is 1. The van der Waals surface area contributed by atoms with Crippen LogP contribution >= 0.6 is 0 Å². The van der Waals surface area contributed by atoms with Crippen molar-refractivity contribution >= 4 is 15.7 Å². The average molecular weight is 341 g/mol. The van der Waals surface area contributed by atoms with Gasteiger partial charge in [-0.25, -0.2) is 8.42 Å². The number of benzene rings is 1. The van der Waals surface area contributed by atoms with Gasteiger partial charge in [0.2, 0.25) is 10.0 Å². The van der Waals surface area contributed by atoms with Crippen molar-refractivity contribution in [3.63, 3.8) is 0 Å². The monoisotopic (exact) mass is 341 g/mol. The molecule has 1 N–H and O–H groups in total. The topological polar surface area (TPSA) is 92.6 Å². The number of nitrogens with zero attached hydrogens (tertiary/aromatic N) is 2. The number of hydrogen-bond acceptors (Lipinski definition) is 5. The molecule has 1 aromatic carbocycles. The number of nitro groups is 1. The van der Waals surface area contributed by atoms with Crippen LogP contribution in [0, 0.1) is 17.0 Å². The first-order chi connectivity index (χ1) is 10.9. The zero-order valence-electron chi connectivity index (χ0n) is 13.5. The standard InChI is InChI=1S/C15H23N3O4S/c1-3-10-17(13-6-8-16-9-7-13)23(21,22)15-11-14(18(19)20)5-4-12(15)2/h4-5,11,13,16H,3,6-10H2,1-2H3. The summed E-state index contributed by atoms with van der Waals surface area (Å²) in [5, 5.41) is 14.2. The van der Waals surface area contributed by atoms with Crippen molar-refractivity contribution in [3.8, 4) is 0 Å². The molecule has 7 nitrogen and oxygen atoms in total. The van der Waals surface area contributed by atoms with Gasteiger partial charge < -0.3 is 5.32 Å². The Labute approximate surface area is 136 Å². The van der Waals surface area contributed by atoms with E-state index >= 15 is 0 Å². The van der Waals surface area contributed by atoms with E-state index in [0.717, 1.165) is 25.9 Å². The molecule has 1 saturated heterocycles. The van der Waals surface area contributed by atoms with Crippen molar-refractivity contribution in [3.05, 3.63) is 33.9 Å². The van der Waals surface area contributed by atoms with Crippen molar-refractivity contribution in [2.45, 2.75) is 44.0 Å². The fraction of sp³-hybridized carbons (Fsp3) is 0.600. The van der Waals surface area contributed by atoms with Gasteiger partial charge in [0, 0.05) is 24.7 Å². The van der Waals surface area contributed by atoms with E-state index in [-0.39, 0.29) is 16.6 Å². The summed E-state index contributed by atoms with van der Waals surface area (Å²) in [7, 11) is -3.75. The molecule has 23 heavy (non-hydrogen) atoms. The Morgan fingerprint density at radius 1 is 1.35 bits per heavy atom. The SMILES string of the molecule is CCCN(C1CCNCC1)S(=O)(=O)c1cc([N+](=O)[O-])ccc1C. The molecule has 0 bridgehead atoms. The second-order valence-corrected chi connectivity index (χ2v) is 7.66. The molecule has 0 aromatic heterocycles. The highest BCUT2D eigenvalue weighted by atomic mass is 32.2. The predicted molar refractivity (Wildman–Crippen MR) is 87.9 cm³/mol. The van der Waals surface area contributed by atoms with E-state index in [2.05, 4.69) is 5.32 Å². The number of piperidine rings is 1. The lowest BCUT2D eigenvalue weighted by atomic mass is 10.1. The van der Waals surface area contributed by atoms with E-state index in [9.17, 15) is 18.5 Å². The van der Waals surface area contributed by atoms with E-state index in [1.165, 1.54) is 22.5 Å². The van der Waals surface area contributed by atoms with Crippen LogP contribution < -0.4 is 5.32 Å². The fourth-order valence-corrected chi connectivity index (χ4v) is 4.94. The molecule has 1 fully saturated rings. The Bertz CT molecular complexity index is 669. The summed E-state index contributed by atoms with van der Waals surface area (Å²) in [4.78, 5) is 10.5. The van der Waals surface area contributed by atoms with E-state index in [0.29, 0.717) is 18.5 Å². The molecule has 0 unspecified atom stereocenters. The minimum absolute atomic E-state index is 0.0404. The molecule has 1 aliphatic rings. The van der Waals surface area contributed by atoms with Crippen molar-refractivity contribution in [2.24, 2.45) is 0 Å². The summed E-state index contributed by atoms with van der Waals surface area (Å²) in [6, 6.07) is 3.95. The van der Waals surface area contributed by atoms with Crippen LogP contribution in [0.2, 0.25) is 0 Å². The first-order valence-electron chi connectivity index (χ1n) is 7.85. The second kappa shape index (κ2) is 7.37. The van der Waals surface area contributed by atoms with Gasteiger partial charge in [0.25, 0.3) is 5.69 Å². The molecule has 0 aliphatic carbocycles. The summed E-state index contributed by atoms with van der Waals surface area (Å²) in [5.41, 5.74) is 0.335. The summed E-state index contributed by atoms with van der Waals surface area (Å²) >= 11 is 0. The Balaban J connectivity index is 2.44.